The fourth-order valence-corrected chi connectivity index (χ4v) is 3.76. The largest absolute Gasteiger partial charge is 0.270 e. The van der Waals surface area contributed by atoms with E-state index < -0.39 is 14.9 Å². The molecule has 6 nitrogen and oxygen atoms in total. The summed E-state index contributed by atoms with van der Waals surface area (Å²) in [5.41, 5.74) is 2.34. The van der Waals surface area contributed by atoms with Crippen LogP contribution in [0, 0.1) is 24.0 Å². The van der Waals surface area contributed by atoms with Gasteiger partial charge in [0.2, 0.25) is 0 Å². The zero-order chi connectivity index (χ0) is 17.2. The number of hydrogen-bond donors (Lipinski definition) is 0. The number of sulfonamides is 1. The fourth-order valence-electron chi connectivity index (χ4n) is 2.26. The van der Waals surface area contributed by atoms with Crippen LogP contribution in [-0.4, -0.2) is 19.9 Å². The predicted molar refractivity (Wildman–Crippen MR) is 89.2 cm³/mol. The van der Waals surface area contributed by atoms with E-state index >= 15 is 0 Å². The molecular formula is C16H18N2O4S. The van der Waals surface area contributed by atoms with Crippen molar-refractivity contribution >= 4 is 21.4 Å². The lowest BCUT2D eigenvalue weighted by Gasteiger charge is -2.23. The topological polar surface area (TPSA) is 80.5 Å². The third-order valence-electron chi connectivity index (χ3n) is 3.68. The number of anilines is 1. The Morgan fingerprint density at radius 3 is 2.35 bits per heavy atom. The van der Waals surface area contributed by atoms with Crippen LogP contribution in [-0.2, 0) is 10.0 Å². The van der Waals surface area contributed by atoms with Crippen molar-refractivity contribution in [3.63, 3.8) is 0 Å². The Bertz CT molecular complexity index is 847. The molecule has 0 aliphatic carbocycles. The van der Waals surface area contributed by atoms with Crippen LogP contribution in [0.25, 0.3) is 0 Å². The first-order valence-electron chi connectivity index (χ1n) is 7.12. The molecule has 23 heavy (non-hydrogen) atoms. The van der Waals surface area contributed by atoms with Crippen molar-refractivity contribution in [1.82, 2.24) is 0 Å². The number of benzene rings is 2. The van der Waals surface area contributed by atoms with E-state index in [9.17, 15) is 18.5 Å². The van der Waals surface area contributed by atoms with Crippen LogP contribution < -0.4 is 4.31 Å². The van der Waals surface area contributed by atoms with Crippen molar-refractivity contribution in [3.05, 3.63) is 63.7 Å². The molecule has 0 aromatic heterocycles. The van der Waals surface area contributed by atoms with Crippen molar-refractivity contribution in [2.75, 3.05) is 10.8 Å². The molecular weight excluding hydrogens is 316 g/mol. The van der Waals surface area contributed by atoms with E-state index in [1.54, 1.807) is 19.1 Å². The molecule has 0 aliphatic rings. The third-order valence-corrected chi connectivity index (χ3v) is 5.58. The molecule has 2 aromatic carbocycles. The van der Waals surface area contributed by atoms with Crippen LogP contribution >= 0.6 is 0 Å². The Balaban J connectivity index is 2.53. The molecule has 0 aliphatic heterocycles. The summed E-state index contributed by atoms with van der Waals surface area (Å²) < 4.78 is 26.9. The van der Waals surface area contributed by atoms with E-state index in [-0.39, 0.29) is 17.1 Å². The molecule has 7 heteroatoms. The average Bonchev–Trinajstić information content (AvgIpc) is 2.51. The number of hydrogen-bond acceptors (Lipinski definition) is 4. The van der Waals surface area contributed by atoms with Crippen LogP contribution in [0.3, 0.4) is 0 Å². The highest BCUT2D eigenvalue weighted by Crippen LogP contribution is 2.27. The molecule has 0 saturated heterocycles. The van der Waals surface area contributed by atoms with Crippen molar-refractivity contribution in [1.29, 1.82) is 0 Å². The van der Waals surface area contributed by atoms with Gasteiger partial charge in [-0.05, 0) is 50.1 Å². The highest BCUT2D eigenvalue weighted by atomic mass is 32.2. The summed E-state index contributed by atoms with van der Waals surface area (Å²) in [4.78, 5) is 10.2. The summed E-state index contributed by atoms with van der Waals surface area (Å²) in [5, 5.41) is 10.9. The molecule has 0 unspecified atom stereocenters. The molecule has 0 atom stereocenters. The van der Waals surface area contributed by atoms with Gasteiger partial charge in [-0.3, -0.25) is 14.4 Å². The van der Waals surface area contributed by atoms with Gasteiger partial charge in [-0.15, -0.1) is 0 Å². The van der Waals surface area contributed by atoms with Gasteiger partial charge >= 0.3 is 0 Å². The van der Waals surface area contributed by atoms with E-state index in [1.165, 1.54) is 22.5 Å². The Hall–Kier alpha value is -2.41. The lowest BCUT2D eigenvalue weighted by Crippen LogP contribution is -2.30. The second-order valence-electron chi connectivity index (χ2n) is 5.19. The minimum absolute atomic E-state index is 0.0909. The molecule has 122 valence electrons. The number of non-ortho nitro benzene ring substituents is 1. The van der Waals surface area contributed by atoms with Crippen LogP contribution in [0.15, 0.2) is 47.4 Å². The maximum atomic E-state index is 12.8. The maximum Gasteiger partial charge on any atom is 0.270 e. The minimum Gasteiger partial charge on any atom is -0.267 e. The molecule has 0 radical (unpaired) electrons. The molecule has 0 heterocycles. The summed E-state index contributed by atoms with van der Waals surface area (Å²) >= 11 is 0. The highest BCUT2D eigenvalue weighted by Gasteiger charge is 2.25. The summed E-state index contributed by atoms with van der Waals surface area (Å²) in [7, 11) is -3.86. The van der Waals surface area contributed by atoms with Crippen molar-refractivity contribution in [2.24, 2.45) is 0 Å². The van der Waals surface area contributed by atoms with Gasteiger partial charge < -0.3 is 0 Å². The van der Waals surface area contributed by atoms with Crippen molar-refractivity contribution < 1.29 is 13.3 Å². The van der Waals surface area contributed by atoms with E-state index in [1.807, 2.05) is 19.9 Å². The smallest absolute Gasteiger partial charge is 0.267 e. The molecule has 0 N–H and O–H groups in total. The monoisotopic (exact) mass is 334 g/mol. The summed E-state index contributed by atoms with van der Waals surface area (Å²) in [6.45, 7) is 5.81. The summed E-state index contributed by atoms with van der Waals surface area (Å²) in [6, 6.07) is 10.5. The predicted octanol–water partition coefficient (Wildman–Crippen LogP) is 3.43. The molecule has 2 aromatic rings. The lowest BCUT2D eigenvalue weighted by molar-refractivity contribution is -0.385. The zero-order valence-electron chi connectivity index (χ0n) is 13.2. The van der Waals surface area contributed by atoms with Crippen molar-refractivity contribution in [3.8, 4) is 0 Å². The van der Waals surface area contributed by atoms with Gasteiger partial charge in [0.1, 0.15) is 0 Å². The zero-order valence-corrected chi connectivity index (χ0v) is 14.0. The van der Waals surface area contributed by atoms with Gasteiger partial charge in [0.15, 0.2) is 0 Å². The van der Waals surface area contributed by atoms with Gasteiger partial charge in [0.05, 0.1) is 15.5 Å². The lowest BCUT2D eigenvalue weighted by atomic mass is 10.1. The fraction of sp³-hybridized carbons (Fsp3) is 0.250. The van der Waals surface area contributed by atoms with Crippen LogP contribution in [0.2, 0.25) is 0 Å². The molecule has 2 rings (SSSR count). The van der Waals surface area contributed by atoms with E-state index in [4.69, 9.17) is 0 Å². The van der Waals surface area contributed by atoms with E-state index in [0.29, 0.717) is 5.69 Å². The summed E-state index contributed by atoms with van der Waals surface area (Å²) in [5.74, 6) is 0. The number of aryl methyl sites for hydroxylation is 2. The van der Waals surface area contributed by atoms with Gasteiger partial charge in [-0.1, -0.05) is 12.1 Å². The quantitative estimate of drug-likeness (QED) is 0.620. The maximum absolute atomic E-state index is 12.8. The molecule has 0 saturated carbocycles. The van der Waals surface area contributed by atoms with Gasteiger partial charge in [-0.2, -0.15) is 0 Å². The second-order valence-corrected chi connectivity index (χ2v) is 7.06. The Kier molecular flexibility index (Phi) is 4.70. The van der Waals surface area contributed by atoms with Crippen LogP contribution in [0.4, 0.5) is 11.4 Å². The molecule has 0 fully saturated rings. The SMILES string of the molecule is CCN(c1ccc(C)c(C)c1)S(=O)(=O)c1cccc([N+](=O)[O-])c1. The Labute approximate surface area is 135 Å². The number of rotatable bonds is 5. The highest BCUT2D eigenvalue weighted by molar-refractivity contribution is 7.92. The first-order chi connectivity index (χ1) is 10.8. The Morgan fingerprint density at radius 1 is 1.09 bits per heavy atom. The standard InChI is InChI=1S/C16H18N2O4S/c1-4-17(14-9-8-12(2)13(3)10-14)23(21,22)16-7-5-6-15(11-16)18(19)20/h5-11H,4H2,1-3H3. The number of nitro groups is 1. The average molecular weight is 334 g/mol. The van der Waals surface area contributed by atoms with Crippen LogP contribution in [0.5, 0.6) is 0 Å². The molecule has 0 bridgehead atoms. The number of nitro benzene ring substituents is 1. The van der Waals surface area contributed by atoms with E-state index in [2.05, 4.69) is 0 Å². The van der Waals surface area contributed by atoms with Gasteiger partial charge in [0.25, 0.3) is 15.7 Å². The first kappa shape index (κ1) is 17.0. The summed E-state index contributed by atoms with van der Waals surface area (Å²) in [6.07, 6.45) is 0. The van der Waals surface area contributed by atoms with Gasteiger partial charge in [-0.25, -0.2) is 8.42 Å². The van der Waals surface area contributed by atoms with E-state index in [0.717, 1.165) is 17.2 Å². The van der Waals surface area contributed by atoms with Crippen LogP contribution in [0.1, 0.15) is 18.1 Å². The number of nitrogens with zero attached hydrogens (tertiary/aromatic N) is 2. The third kappa shape index (κ3) is 3.34. The first-order valence-corrected chi connectivity index (χ1v) is 8.56. The Morgan fingerprint density at radius 2 is 1.78 bits per heavy atom. The molecule has 0 amide bonds. The normalized spacial score (nSPS) is 11.3. The van der Waals surface area contributed by atoms with Gasteiger partial charge in [0, 0.05) is 18.7 Å². The van der Waals surface area contributed by atoms with Crippen molar-refractivity contribution in [2.45, 2.75) is 25.7 Å². The second kappa shape index (κ2) is 6.37. The minimum atomic E-state index is -3.86. The molecule has 0 spiro atoms.